The maximum absolute atomic E-state index is 12.5. The molecule has 1 unspecified atom stereocenters. The molecule has 2 aliphatic rings. The lowest BCUT2D eigenvalue weighted by molar-refractivity contribution is 0.327. The van der Waals surface area contributed by atoms with Gasteiger partial charge in [0.25, 0.3) is 0 Å². The summed E-state index contributed by atoms with van der Waals surface area (Å²) in [5.41, 5.74) is 5.66. The fourth-order valence-corrected chi connectivity index (χ4v) is 5.35. The van der Waals surface area contributed by atoms with Crippen LogP contribution in [0, 0.1) is 11.3 Å². The molecular weight excluding hydrogens is 274 g/mol. The van der Waals surface area contributed by atoms with Crippen LogP contribution in [0.3, 0.4) is 0 Å². The lowest BCUT2D eigenvalue weighted by Gasteiger charge is -2.32. The standard InChI is InChI=1S/C14H27N3O2S/c15-14(16)13(11-7-3-1-4-8-11)17-20(18,19)12-9-5-2-6-10-12/h11-13,17H,1-10H2,(H3,15,16). The summed E-state index contributed by atoms with van der Waals surface area (Å²) < 4.78 is 27.7. The van der Waals surface area contributed by atoms with E-state index in [0.717, 1.165) is 57.8 Å². The zero-order chi connectivity index (χ0) is 14.6. The normalized spacial score (nSPS) is 24.4. The van der Waals surface area contributed by atoms with Crippen LogP contribution in [-0.4, -0.2) is 25.5 Å². The van der Waals surface area contributed by atoms with E-state index in [1.807, 2.05) is 0 Å². The Morgan fingerprint density at radius 2 is 1.50 bits per heavy atom. The van der Waals surface area contributed by atoms with E-state index in [9.17, 15) is 8.42 Å². The average molecular weight is 301 g/mol. The average Bonchev–Trinajstić information content (AvgIpc) is 2.46. The summed E-state index contributed by atoms with van der Waals surface area (Å²) >= 11 is 0. The lowest BCUT2D eigenvalue weighted by Crippen LogP contribution is -2.51. The van der Waals surface area contributed by atoms with Gasteiger partial charge in [0.05, 0.1) is 11.3 Å². The van der Waals surface area contributed by atoms with Gasteiger partial charge in [0.2, 0.25) is 10.0 Å². The van der Waals surface area contributed by atoms with Gasteiger partial charge in [-0.25, -0.2) is 13.1 Å². The quantitative estimate of drug-likeness (QED) is 0.536. The number of amidine groups is 1. The Morgan fingerprint density at radius 1 is 1.00 bits per heavy atom. The fourth-order valence-electron chi connectivity index (χ4n) is 3.53. The molecule has 2 fully saturated rings. The third-order valence-electron chi connectivity index (χ3n) is 4.74. The number of hydrogen-bond acceptors (Lipinski definition) is 3. The van der Waals surface area contributed by atoms with Crippen molar-refractivity contribution in [3.8, 4) is 0 Å². The highest BCUT2D eigenvalue weighted by Crippen LogP contribution is 2.28. The Bertz CT molecular complexity index is 424. The number of nitrogens with one attached hydrogen (secondary N) is 2. The second-order valence-corrected chi connectivity index (χ2v) is 8.25. The molecule has 6 heteroatoms. The van der Waals surface area contributed by atoms with Gasteiger partial charge in [0.1, 0.15) is 5.84 Å². The molecule has 2 rings (SSSR count). The van der Waals surface area contributed by atoms with Gasteiger partial charge in [-0.05, 0) is 31.6 Å². The molecule has 1 atom stereocenters. The largest absolute Gasteiger partial charge is 0.386 e. The Morgan fingerprint density at radius 3 is 2.00 bits per heavy atom. The van der Waals surface area contributed by atoms with Crippen molar-refractivity contribution in [2.75, 3.05) is 0 Å². The first-order valence-corrected chi connectivity index (χ1v) is 9.40. The third-order valence-corrected chi connectivity index (χ3v) is 6.67. The number of nitrogens with two attached hydrogens (primary N) is 1. The van der Waals surface area contributed by atoms with Crippen LogP contribution in [0.1, 0.15) is 64.2 Å². The summed E-state index contributed by atoms with van der Waals surface area (Å²) in [6.45, 7) is 0. The van der Waals surface area contributed by atoms with Crippen LogP contribution in [-0.2, 0) is 10.0 Å². The predicted octanol–water partition coefficient (Wildman–Crippen LogP) is 2.12. The Kier molecular flexibility index (Phi) is 5.43. The van der Waals surface area contributed by atoms with Crippen molar-refractivity contribution in [1.82, 2.24) is 4.72 Å². The van der Waals surface area contributed by atoms with Gasteiger partial charge in [0, 0.05) is 0 Å². The molecule has 116 valence electrons. The van der Waals surface area contributed by atoms with Crippen LogP contribution >= 0.6 is 0 Å². The van der Waals surface area contributed by atoms with Gasteiger partial charge in [0.15, 0.2) is 0 Å². The molecule has 0 saturated heterocycles. The van der Waals surface area contributed by atoms with Crippen LogP contribution in [0.15, 0.2) is 0 Å². The number of rotatable bonds is 5. The van der Waals surface area contributed by atoms with E-state index in [0.29, 0.717) is 0 Å². The summed E-state index contributed by atoms with van der Waals surface area (Å²) in [5.74, 6) is 0.163. The first-order valence-electron chi connectivity index (χ1n) is 7.86. The fraction of sp³-hybridized carbons (Fsp3) is 0.929. The first kappa shape index (κ1) is 15.8. The summed E-state index contributed by atoms with van der Waals surface area (Å²) in [6.07, 6.45) is 9.95. The summed E-state index contributed by atoms with van der Waals surface area (Å²) in [6, 6.07) is -0.498. The highest BCUT2D eigenvalue weighted by atomic mass is 32.2. The molecule has 0 bridgehead atoms. The van der Waals surface area contributed by atoms with Crippen molar-refractivity contribution < 1.29 is 8.42 Å². The first-order chi connectivity index (χ1) is 9.50. The third kappa shape index (κ3) is 3.95. The molecular formula is C14H27N3O2S. The van der Waals surface area contributed by atoms with Gasteiger partial charge in [-0.2, -0.15) is 0 Å². The van der Waals surface area contributed by atoms with Crippen LogP contribution in [0.5, 0.6) is 0 Å². The minimum atomic E-state index is -3.35. The molecule has 0 aromatic carbocycles. The summed E-state index contributed by atoms with van der Waals surface area (Å²) in [5, 5.41) is 7.44. The smallest absolute Gasteiger partial charge is 0.215 e. The van der Waals surface area contributed by atoms with Gasteiger partial charge < -0.3 is 5.73 Å². The van der Waals surface area contributed by atoms with Crippen molar-refractivity contribution >= 4 is 15.9 Å². The van der Waals surface area contributed by atoms with Crippen molar-refractivity contribution in [2.45, 2.75) is 75.5 Å². The van der Waals surface area contributed by atoms with E-state index >= 15 is 0 Å². The zero-order valence-electron chi connectivity index (χ0n) is 12.1. The monoisotopic (exact) mass is 301 g/mol. The van der Waals surface area contributed by atoms with E-state index in [1.54, 1.807) is 0 Å². The second-order valence-electron chi connectivity index (χ2n) is 6.25. The van der Waals surface area contributed by atoms with E-state index in [1.165, 1.54) is 6.42 Å². The molecule has 4 N–H and O–H groups in total. The minimum Gasteiger partial charge on any atom is -0.386 e. The molecule has 0 aliphatic heterocycles. The lowest BCUT2D eigenvalue weighted by atomic mass is 9.84. The van der Waals surface area contributed by atoms with Crippen molar-refractivity contribution in [3.63, 3.8) is 0 Å². The van der Waals surface area contributed by atoms with Crippen LogP contribution in [0.4, 0.5) is 0 Å². The van der Waals surface area contributed by atoms with Crippen molar-refractivity contribution in [2.24, 2.45) is 11.7 Å². The van der Waals surface area contributed by atoms with Crippen molar-refractivity contribution in [3.05, 3.63) is 0 Å². The highest BCUT2D eigenvalue weighted by molar-refractivity contribution is 7.90. The SMILES string of the molecule is N=C(N)C(NS(=O)(=O)C1CCCCC1)C1CCCCC1. The summed E-state index contributed by atoms with van der Waals surface area (Å²) in [7, 11) is -3.35. The van der Waals surface area contributed by atoms with E-state index in [4.69, 9.17) is 11.1 Å². The van der Waals surface area contributed by atoms with Gasteiger partial charge >= 0.3 is 0 Å². The van der Waals surface area contributed by atoms with Crippen LogP contribution in [0.25, 0.3) is 0 Å². The molecule has 0 aromatic rings. The maximum atomic E-state index is 12.5. The Labute approximate surface area is 122 Å². The molecule has 5 nitrogen and oxygen atoms in total. The molecule has 0 spiro atoms. The van der Waals surface area contributed by atoms with Crippen LogP contribution in [0.2, 0.25) is 0 Å². The predicted molar refractivity (Wildman–Crippen MR) is 81.2 cm³/mol. The summed E-state index contributed by atoms with van der Waals surface area (Å²) in [4.78, 5) is 0. The zero-order valence-corrected chi connectivity index (χ0v) is 12.9. The molecule has 2 aliphatic carbocycles. The highest BCUT2D eigenvalue weighted by Gasteiger charge is 2.34. The maximum Gasteiger partial charge on any atom is 0.215 e. The topological polar surface area (TPSA) is 96.0 Å². The van der Waals surface area contributed by atoms with E-state index in [-0.39, 0.29) is 17.0 Å². The number of hydrogen-bond donors (Lipinski definition) is 3. The van der Waals surface area contributed by atoms with E-state index < -0.39 is 16.1 Å². The van der Waals surface area contributed by atoms with Crippen molar-refractivity contribution in [1.29, 1.82) is 5.41 Å². The van der Waals surface area contributed by atoms with Crippen LogP contribution < -0.4 is 10.5 Å². The molecule has 0 heterocycles. The molecule has 0 aromatic heterocycles. The van der Waals surface area contributed by atoms with Gasteiger partial charge in [-0.3, -0.25) is 5.41 Å². The second kappa shape index (κ2) is 6.89. The van der Waals surface area contributed by atoms with Gasteiger partial charge in [-0.1, -0.05) is 38.5 Å². The Balaban J connectivity index is 2.04. The number of sulfonamides is 1. The Hall–Kier alpha value is -0.620. The van der Waals surface area contributed by atoms with E-state index in [2.05, 4.69) is 4.72 Å². The molecule has 20 heavy (non-hydrogen) atoms. The molecule has 0 radical (unpaired) electrons. The molecule has 2 saturated carbocycles. The minimum absolute atomic E-state index is 0.0312. The van der Waals surface area contributed by atoms with Gasteiger partial charge in [-0.15, -0.1) is 0 Å². The molecule has 0 amide bonds.